The number of benzene rings is 1. The lowest BCUT2D eigenvalue weighted by molar-refractivity contribution is 0.622. The van der Waals surface area contributed by atoms with Crippen LogP contribution in [-0.2, 0) is 10.5 Å². The summed E-state index contributed by atoms with van der Waals surface area (Å²) < 4.78 is 35.8. The number of nitrogens with zero attached hydrogens (tertiary/aromatic N) is 1. The van der Waals surface area contributed by atoms with Gasteiger partial charge in [-0.2, -0.15) is 8.42 Å². The van der Waals surface area contributed by atoms with Gasteiger partial charge in [0.15, 0.2) is 0 Å². The molecule has 1 aromatic carbocycles. The van der Waals surface area contributed by atoms with Gasteiger partial charge in [-0.3, -0.25) is 0 Å². The Hall–Kier alpha value is -1.43. The molecule has 0 aromatic heterocycles. The summed E-state index contributed by atoms with van der Waals surface area (Å²) in [6.07, 6.45) is 0. The summed E-state index contributed by atoms with van der Waals surface area (Å²) >= 11 is 0. The van der Waals surface area contributed by atoms with E-state index >= 15 is 0 Å². The third-order valence-electron chi connectivity index (χ3n) is 1.16. The average molecular weight is 188 g/mol. The monoisotopic (exact) mass is 188 g/mol. The van der Waals surface area contributed by atoms with Gasteiger partial charge in [-0.15, -0.1) is 4.36 Å². The lowest BCUT2D eigenvalue weighted by Gasteiger charge is -1.94. The minimum Gasteiger partial charge on any atom is -0.396 e. The highest BCUT2D eigenvalue weighted by Gasteiger charge is 1.97. The molecule has 0 aliphatic heterocycles. The zero-order valence-electron chi connectivity index (χ0n) is 5.86. The number of hydrogen-bond donors (Lipinski definition) is 1. The molecule has 64 valence electrons. The third-order valence-corrected chi connectivity index (χ3v) is 1.52. The van der Waals surface area contributed by atoms with Crippen molar-refractivity contribution in [2.45, 2.75) is 0 Å². The van der Waals surface area contributed by atoms with Gasteiger partial charge in [-0.1, -0.05) is 0 Å². The van der Waals surface area contributed by atoms with Gasteiger partial charge in [0, 0.05) is 0 Å². The summed E-state index contributed by atoms with van der Waals surface area (Å²) in [7, 11) is -2.53. The number of halogens is 1. The van der Waals surface area contributed by atoms with Crippen molar-refractivity contribution in [3.63, 3.8) is 0 Å². The van der Waals surface area contributed by atoms with Crippen LogP contribution >= 0.6 is 0 Å². The lowest BCUT2D eigenvalue weighted by Crippen LogP contribution is -1.88. The second-order valence-corrected chi connectivity index (χ2v) is 2.63. The third kappa shape index (κ3) is 2.03. The Morgan fingerprint density at radius 1 is 1.42 bits per heavy atom. The molecule has 0 bridgehead atoms. The number of anilines is 1. The van der Waals surface area contributed by atoms with Crippen LogP contribution in [0, 0.1) is 5.82 Å². The average Bonchev–Trinajstić information content (AvgIpc) is 1.96. The standard InChI is InChI=1S/C6H5FN2O2S/c7-5-2-1-4(3-6(5)8)9-12(10)11/h1-3H,8H2. The molecule has 12 heavy (non-hydrogen) atoms. The minimum absolute atomic E-state index is 0.113. The molecule has 0 unspecified atom stereocenters. The predicted octanol–water partition coefficient (Wildman–Crippen LogP) is 1.10. The summed E-state index contributed by atoms with van der Waals surface area (Å²) in [5.41, 5.74) is 5.15. The van der Waals surface area contributed by atoms with E-state index in [9.17, 15) is 12.8 Å². The largest absolute Gasteiger partial charge is 0.396 e. The predicted molar refractivity (Wildman–Crippen MR) is 41.8 cm³/mol. The molecule has 0 spiro atoms. The fourth-order valence-electron chi connectivity index (χ4n) is 0.674. The quantitative estimate of drug-likeness (QED) is 0.671. The van der Waals surface area contributed by atoms with Crippen LogP contribution in [0.25, 0.3) is 0 Å². The van der Waals surface area contributed by atoms with E-state index in [1.165, 1.54) is 6.07 Å². The molecular formula is C6H5FN2O2S. The SMILES string of the molecule is Nc1cc(N=S(=O)=O)ccc1F. The molecule has 6 heteroatoms. The molecule has 1 aromatic rings. The maximum atomic E-state index is 12.5. The molecule has 1 rings (SSSR count). The second-order valence-electron chi connectivity index (χ2n) is 2.01. The van der Waals surface area contributed by atoms with Crippen LogP contribution in [0.4, 0.5) is 15.8 Å². The highest BCUT2D eigenvalue weighted by molar-refractivity contribution is 7.61. The van der Waals surface area contributed by atoms with Crippen molar-refractivity contribution in [2.75, 3.05) is 5.73 Å². The van der Waals surface area contributed by atoms with E-state index in [-0.39, 0.29) is 11.4 Å². The highest BCUT2D eigenvalue weighted by Crippen LogP contribution is 2.18. The summed E-state index contributed by atoms with van der Waals surface area (Å²) in [5, 5.41) is 0. The number of rotatable bonds is 1. The maximum absolute atomic E-state index is 12.5. The molecule has 0 atom stereocenters. The first-order valence-electron chi connectivity index (χ1n) is 2.96. The Kier molecular flexibility index (Phi) is 2.39. The van der Waals surface area contributed by atoms with Crippen LogP contribution in [-0.4, -0.2) is 8.42 Å². The van der Waals surface area contributed by atoms with E-state index in [0.29, 0.717) is 0 Å². The highest BCUT2D eigenvalue weighted by atomic mass is 32.2. The van der Waals surface area contributed by atoms with E-state index in [4.69, 9.17) is 5.73 Å². The lowest BCUT2D eigenvalue weighted by atomic mass is 10.3. The zero-order chi connectivity index (χ0) is 9.14. The Morgan fingerprint density at radius 3 is 2.58 bits per heavy atom. The Bertz CT molecular complexity index is 419. The van der Waals surface area contributed by atoms with Crippen LogP contribution in [0.2, 0.25) is 0 Å². The summed E-state index contributed by atoms with van der Waals surface area (Å²) in [6, 6.07) is 3.42. The minimum atomic E-state index is -2.53. The molecule has 0 aliphatic carbocycles. The van der Waals surface area contributed by atoms with Crippen molar-refractivity contribution >= 4 is 21.9 Å². The fourth-order valence-corrected chi connectivity index (χ4v) is 0.960. The Morgan fingerprint density at radius 2 is 2.08 bits per heavy atom. The molecule has 0 saturated carbocycles. The molecule has 0 radical (unpaired) electrons. The first kappa shape index (κ1) is 8.66. The molecule has 0 aliphatic rings. The smallest absolute Gasteiger partial charge is 0.316 e. The van der Waals surface area contributed by atoms with Crippen LogP contribution in [0.15, 0.2) is 22.6 Å². The Labute approximate surface area is 69.5 Å². The van der Waals surface area contributed by atoms with E-state index in [2.05, 4.69) is 4.36 Å². The second kappa shape index (κ2) is 3.31. The van der Waals surface area contributed by atoms with Crippen molar-refractivity contribution in [1.29, 1.82) is 0 Å². The van der Waals surface area contributed by atoms with Gasteiger partial charge in [0.05, 0.1) is 11.4 Å². The topological polar surface area (TPSA) is 72.5 Å². The van der Waals surface area contributed by atoms with Crippen molar-refractivity contribution in [1.82, 2.24) is 0 Å². The van der Waals surface area contributed by atoms with E-state index in [1.54, 1.807) is 0 Å². The van der Waals surface area contributed by atoms with Crippen molar-refractivity contribution in [3.05, 3.63) is 24.0 Å². The zero-order valence-corrected chi connectivity index (χ0v) is 6.68. The fraction of sp³-hybridized carbons (Fsp3) is 0. The molecular weight excluding hydrogens is 183 g/mol. The van der Waals surface area contributed by atoms with Gasteiger partial charge in [0.1, 0.15) is 5.82 Å². The van der Waals surface area contributed by atoms with Crippen molar-refractivity contribution < 1.29 is 12.8 Å². The van der Waals surface area contributed by atoms with Crippen molar-refractivity contribution in [3.8, 4) is 0 Å². The van der Waals surface area contributed by atoms with Gasteiger partial charge in [0.25, 0.3) is 0 Å². The summed E-state index contributed by atoms with van der Waals surface area (Å²) in [4.78, 5) is 0. The van der Waals surface area contributed by atoms with E-state index in [1.807, 2.05) is 0 Å². The summed E-state index contributed by atoms with van der Waals surface area (Å²) in [6.45, 7) is 0. The van der Waals surface area contributed by atoms with Crippen LogP contribution in [0.3, 0.4) is 0 Å². The van der Waals surface area contributed by atoms with Crippen LogP contribution in [0.5, 0.6) is 0 Å². The molecule has 4 nitrogen and oxygen atoms in total. The number of hydrogen-bond acceptors (Lipinski definition) is 4. The van der Waals surface area contributed by atoms with Gasteiger partial charge in [-0.25, -0.2) is 4.39 Å². The molecule has 0 fully saturated rings. The number of nitrogen functional groups attached to an aromatic ring is 1. The van der Waals surface area contributed by atoms with E-state index in [0.717, 1.165) is 12.1 Å². The van der Waals surface area contributed by atoms with Gasteiger partial charge >= 0.3 is 10.5 Å². The molecule has 0 heterocycles. The molecule has 0 amide bonds. The van der Waals surface area contributed by atoms with Gasteiger partial charge in [-0.05, 0) is 18.2 Å². The first-order chi connectivity index (χ1) is 5.59. The van der Waals surface area contributed by atoms with Crippen molar-refractivity contribution in [2.24, 2.45) is 4.36 Å². The van der Waals surface area contributed by atoms with Crippen LogP contribution < -0.4 is 5.73 Å². The molecule has 0 saturated heterocycles. The van der Waals surface area contributed by atoms with Crippen LogP contribution in [0.1, 0.15) is 0 Å². The Balaban J connectivity index is 3.23. The number of nitrogens with two attached hydrogens (primary N) is 1. The van der Waals surface area contributed by atoms with E-state index < -0.39 is 16.3 Å². The van der Waals surface area contributed by atoms with Gasteiger partial charge < -0.3 is 5.73 Å². The van der Waals surface area contributed by atoms with Gasteiger partial charge in [0.2, 0.25) is 0 Å². The maximum Gasteiger partial charge on any atom is 0.316 e. The molecule has 2 N–H and O–H groups in total. The normalized spacial score (nSPS) is 9.42. The summed E-state index contributed by atoms with van der Waals surface area (Å²) in [5.74, 6) is -0.592. The first-order valence-corrected chi connectivity index (χ1v) is 3.99.